The molecule has 22 heavy (non-hydrogen) atoms. The molecule has 120 valence electrons. The smallest absolute Gasteiger partial charge is 0.265 e. The Morgan fingerprint density at radius 3 is 2.64 bits per heavy atom. The number of sulfonamides is 1. The molecule has 0 saturated heterocycles. The SMILES string of the molecule is CC(C)c1nc(CN(C)C(=O)c2sccc2S(N)(=O)=O)cs1. The van der Waals surface area contributed by atoms with Gasteiger partial charge in [-0.2, -0.15) is 0 Å². The zero-order chi connectivity index (χ0) is 16.5. The number of thiophene rings is 1. The van der Waals surface area contributed by atoms with Crippen LogP contribution < -0.4 is 5.14 Å². The summed E-state index contributed by atoms with van der Waals surface area (Å²) in [7, 11) is -2.28. The highest BCUT2D eigenvalue weighted by atomic mass is 32.2. The Labute approximate surface area is 137 Å². The van der Waals surface area contributed by atoms with Gasteiger partial charge in [-0.05, 0) is 11.4 Å². The summed E-state index contributed by atoms with van der Waals surface area (Å²) in [6.07, 6.45) is 0. The van der Waals surface area contributed by atoms with Crippen LogP contribution in [0.1, 0.15) is 40.1 Å². The molecule has 2 heterocycles. The molecule has 0 aliphatic heterocycles. The third-order valence-corrected chi connectivity index (χ3v) is 6.12. The van der Waals surface area contributed by atoms with Crippen molar-refractivity contribution in [2.45, 2.75) is 31.2 Å². The largest absolute Gasteiger partial charge is 0.335 e. The predicted octanol–water partition coefficient (Wildman–Crippen LogP) is 2.25. The van der Waals surface area contributed by atoms with Gasteiger partial charge in [0.25, 0.3) is 5.91 Å². The highest BCUT2D eigenvalue weighted by Crippen LogP contribution is 2.24. The van der Waals surface area contributed by atoms with Crippen molar-refractivity contribution in [2.75, 3.05) is 7.05 Å². The second-order valence-corrected chi connectivity index (χ2v) is 8.49. The summed E-state index contributed by atoms with van der Waals surface area (Å²) in [5.41, 5.74) is 0.790. The van der Waals surface area contributed by atoms with Crippen molar-refractivity contribution in [3.05, 3.63) is 32.4 Å². The number of thiazole rings is 1. The van der Waals surface area contributed by atoms with Crippen LogP contribution >= 0.6 is 22.7 Å². The number of carbonyl (C=O) groups is 1. The summed E-state index contributed by atoms with van der Waals surface area (Å²) >= 11 is 2.62. The monoisotopic (exact) mass is 359 g/mol. The van der Waals surface area contributed by atoms with Gasteiger partial charge in [0, 0.05) is 18.3 Å². The summed E-state index contributed by atoms with van der Waals surface area (Å²) < 4.78 is 23.0. The van der Waals surface area contributed by atoms with E-state index in [0.29, 0.717) is 12.5 Å². The van der Waals surface area contributed by atoms with Gasteiger partial charge in [-0.1, -0.05) is 13.8 Å². The van der Waals surface area contributed by atoms with Gasteiger partial charge >= 0.3 is 0 Å². The number of aromatic nitrogens is 1. The van der Waals surface area contributed by atoms with E-state index in [0.717, 1.165) is 22.0 Å². The number of amides is 1. The molecule has 2 aromatic rings. The molecule has 0 bridgehead atoms. The second-order valence-electron chi connectivity index (χ2n) is 5.15. The molecular formula is C13H17N3O3S3. The van der Waals surface area contributed by atoms with Crippen molar-refractivity contribution in [2.24, 2.45) is 5.14 Å². The van der Waals surface area contributed by atoms with Gasteiger partial charge in [-0.25, -0.2) is 18.5 Å². The van der Waals surface area contributed by atoms with Crippen molar-refractivity contribution in [1.82, 2.24) is 9.88 Å². The molecule has 0 fully saturated rings. The molecule has 2 N–H and O–H groups in total. The topological polar surface area (TPSA) is 93.4 Å². The number of hydrogen-bond acceptors (Lipinski definition) is 6. The van der Waals surface area contributed by atoms with Crippen LogP contribution in [0.25, 0.3) is 0 Å². The first-order chi connectivity index (χ1) is 10.2. The summed E-state index contributed by atoms with van der Waals surface area (Å²) in [5, 5.41) is 9.59. The first-order valence-corrected chi connectivity index (χ1v) is 9.80. The molecule has 1 amide bonds. The molecule has 9 heteroatoms. The molecule has 2 rings (SSSR count). The van der Waals surface area contributed by atoms with Crippen LogP contribution in [0.4, 0.5) is 0 Å². The molecule has 0 saturated carbocycles. The van der Waals surface area contributed by atoms with Gasteiger partial charge < -0.3 is 4.90 Å². The lowest BCUT2D eigenvalue weighted by Gasteiger charge is -2.15. The lowest BCUT2D eigenvalue weighted by molar-refractivity contribution is 0.0785. The lowest BCUT2D eigenvalue weighted by atomic mass is 10.2. The number of carbonyl (C=O) groups excluding carboxylic acids is 1. The Bertz CT molecular complexity index is 777. The van der Waals surface area contributed by atoms with Crippen LogP contribution in [0.15, 0.2) is 21.7 Å². The fraction of sp³-hybridized carbons (Fsp3) is 0.385. The van der Waals surface area contributed by atoms with E-state index < -0.39 is 10.0 Å². The average molecular weight is 359 g/mol. The molecule has 0 aliphatic rings. The normalized spacial score (nSPS) is 11.9. The van der Waals surface area contributed by atoms with Crippen LogP contribution in [0.2, 0.25) is 0 Å². The van der Waals surface area contributed by atoms with Crippen LogP contribution in [0.3, 0.4) is 0 Å². The molecule has 0 atom stereocenters. The maximum Gasteiger partial charge on any atom is 0.265 e. The van der Waals surface area contributed by atoms with Crippen LogP contribution in [0.5, 0.6) is 0 Å². The number of nitrogens with two attached hydrogens (primary N) is 1. The van der Waals surface area contributed by atoms with Gasteiger partial charge in [-0.3, -0.25) is 4.79 Å². The van der Waals surface area contributed by atoms with E-state index in [9.17, 15) is 13.2 Å². The number of primary sulfonamides is 1. The van der Waals surface area contributed by atoms with Gasteiger partial charge in [0.2, 0.25) is 10.0 Å². The van der Waals surface area contributed by atoms with Crippen molar-refractivity contribution in [3.63, 3.8) is 0 Å². The molecule has 2 aromatic heterocycles. The highest BCUT2D eigenvalue weighted by Gasteiger charge is 2.24. The van der Waals surface area contributed by atoms with Gasteiger partial charge in [-0.15, -0.1) is 22.7 Å². The number of hydrogen-bond donors (Lipinski definition) is 1. The van der Waals surface area contributed by atoms with E-state index in [1.807, 2.05) is 5.38 Å². The molecule has 0 aromatic carbocycles. The fourth-order valence-corrected chi connectivity index (χ4v) is 4.62. The first-order valence-electron chi connectivity index (χ1n) is 6.50. The Morgan fingerprint density at radius 1 is 1.41 bits per heavy atom. The molecular weight excluding hydrogens is 342 g/mol. The first kappa shape index (κ1) is 17.1. The van der Waals surface area contributed by atoms with Gasteiger partial charge in [0.15, 0.2) is 0 Å². The van der Waals surface area contributed by atoms with Crippen LogP contribution in [-0.2, 0) is 16.6 Å². The Kier molecular flexibility index (Phi) is 5.00. The predicted molar refractivity (Wildman–Crippen MR) is 87.7 cm³/mol. The molecule has 0 spiro atoms. The zero-order valence-corrected chi connectivity index (χ0v) is 14.9. The minimum absolute atomic E-state index is 0.129. The Balaban J connectivity index is 2.17. The quantitative estimate of drug-likeness (QED) is 0.886. The van der Waals surface area contributed by atoms with E-state index in [4.69, 9.17) is 5.14 Å². The minimum atomic E-state index is -3.90. The second kappa shape index (κ2) is 6.45. The van der Waals surface area contributed by atoms with Crippen molar-refractivity contribution in [1.29, 1.82) is 0 Å². The van der Waals surface area contributed by atoms with E-state index in [-0.39, 0.29) is 15.7 Å². The summed E-state index contributed by atoms with van der Waals surface area (Å²) in [4.78, 5) is 18.3. The number of rotatable bonds is 5. The van der Waals surface area contributed by atoms with E-state index in [1.54, 1.807) is 23.8 Å². The van der Waals surface area contributed by atoms with Gasteiger partial charge in [0.05, 0.1) is 17.2 Å². The molecule has 0 unspecified atom stereocenters. The standard InChI is InChI=1S/C13H17N3O3S3/c1-8(2)12-15-9(7-21-12)6-16(3)13(17)11-10(4-5-20-11)22(14,18)19/h4-5,7-8H,6H2,1-3H3,(H2,14,18,19). The van der Waals surface area contributed by atoms with Crippen molar-refractivity contribution >= 4 is 38.6 Å². The van der Waals surface area contributed by atoms with Gasteiger partial charge in [0.1, 0.15) is 9.77 Å². The van der Waals surface area contributed by atoms with Crippen LogP contribution in [0, 0.1) is 0 Å². The maximum atomic E-state index is 12.4. The third kappa shape index (κ3) is 3.72. The summed E-state index contributed by atoms with van der Waals surface area (Å²) in [6, 6.07) is 1.35. The minimum Gasteiger partial charge on any atom is -0.335 e. The summed E-state index contributed by atoms with van der Waals surface area (Å²) in [6.45, 7) is 4.44. The van der Waals surface area contributed by atoms with Crippen molar-refractivity contribution in [3.8, 4) is 0 Å². The average Bonchev–Trinajstić information content (AvgIpc) is 3.05. The summed E-state index contributed by atoms with van der Waals surface area (Å²) in [5.74, 6) is -0.0378. The molecule has 6 nitrogen and oxygen atoms in total. The van der Waals surface area contributed by atoms with E-state index >= 15 is 0 Å². The lowest BCUT2D eigenvalue weighted by Crippen LogP contribution is -2.27. The van der Waals surface area contributed by atoms with Crippen molar-refractivity contribution < 1.29 is 13.2 Å². The molecule has 0 radical (unpaired) electrons. The maximum absolute atomic E-state index is 12.4. The van der Waals surface area contributed by atoms with Crippen LogP contribution in [-0.4, -0.2) is 31.3 Å². The zero-order valence-electron chi connectivity index (χ0n) is 12.4. The Morgan fingerprint density at radius 2 is 2.09 bits per heavy atom. The molecule has 0 aliphatic carbocycles. The highest BCUT2D eigenvalue weighted by molar-refractivity contribution is 7.89. The number of nitrogens with zero attached hydrogens (tertiary/aromatic N) is 2. The van der Waals surface area contributed by atoms with E-state index in [1.165, 1.54) is 11.0 Å². The Hall–Kier alpha value is -1.29. The fourth-order valence-electron chi connectivity index (χ4n) is 1.83. The third-order valence-electron chi connectivity index (χ3n) is 2.94. The van der Waals surface area contributed by atoms with E-state index in [2.05, 4.69) is 18.8 Å².